The van der Waals surface area contributed by atoms with Crippen LogP contribution in [-0.4, -0.2) is 30.7 Å². The number of hydrogen-bond acceptors (Lipinski definition) is 5. The smallest absolute Gasteiger partial charge is 0.210 e. The van der Waals surface area contributed by atoms with Crippen LogP contribution in [0.1, 0.15) is 25.3 Å². The van der Waals surface area contributed by atoms with Gasteiger partial charge in [0.2, 0.25) is 10.0 Å². The maximum atomic E-state index is 10.8. The normalized spacial score (nSPS) is 11.8. The van der Waals surface area contributed by atoms with Gasteiger partial charge in [-0.15, -0.1) is 0 Å². The molecule has 1 heterocycles. The fourth-order valence-corrected chi connectivity index (χ4v) is 2.08. The van der Waals surface area contributed by atoms with Gasteiger partial charge in [-0.2, -0.15) is 0 Å². The van der Waals surface area contributed by atoms with E-state index in [1.807, 2.05) is 13.8 Å². The Hall–Kier alpha value is -0.920. The summed E-state index contributed by atoms with van der Waals surface area (Å²) in [6.45, 7) is 4.09. The Kier molecular flexibility index (Phi) is 4.67. The maximum Gasteiger partial charge on any atom is 0.210 e. The number of aromatic nitrogens is 2. The molecule has 0 amide bonds. The van der Waals surface area contributed by atoms with Gasteiger partial charge in [0, 0.05) is 12.1 Å². The van der Waals surface area contributed by atoms with Gasteiger partial charge in [-0.1, -0.05) is 25.4 Å². The minimum Gasteiger partial charge on any atom is -0.369 e. The van der Waals surface area contributed by atoms with Crippen LogP contribution >= 0.6 is 11.6 Å². The van der Waals surface area contributed by atoms with E-state index in [0.29, 0.717) is 11.0 Å². The molecule has 0 aliphatic rings. The van der Waals surface area contributed by atoms with Crippen molar-refractivity contribution in [2.45, 2.75) is 19.8 Å². The first-order chi connectivity index (χ1) is 7.81. The van der Waals surface area contributed by atoms with Crippen LogP contribution in [0.3, 0.4) is 0 Å². The predicted octanol–water partition coefficient (Wildman–Crippen LogP) is 0.954. The van der Waals surface area contributed by atoms with Crippen molar-refractivity contribution in [1.82, 2.24) is 9.97 Å². The molecule has 0 unspecified atom stereocenters. The van der Waals surface area contributed by atoms with Crippen molar-refractivity contribution in [3.05, 3.63) is 17.0 Å². The van der Waals surface area contributed by atoms with Gasteiger partial charge in [0.05, 0.1) is 5.75 Å². The third-order valence-electron chi connectivity index (χ3n) is 2.09. The molecule has 17 heavy (non-hydrogen) atoms. The zero-order chi connectivity index (χ0) is 13.1. The fourth-order valence-electron chi connectivity index (χ4n) is 1.34. The summed E-state index contributed by atoms with van der Waals surface area (Å²) < 4.78 is 21.6. The largest absolute Gasteiger partial charge is 0.369 e. The van der Waals surface area contributed by atoms with E-state index in [-0.39, 0.29) is 18.2 Å². The molecule has 0 aliphatic heterocycles. The van der Waals surface area contributed by atoms with Gasteiger partial charge < -0.3 is 5.32 Å². The summed E-state index contributed by atoms with van der Waals surface area (Å²) in [6, 6.07) is 0. The van der Waals surface area contributed by atoms with Crippen molar-refractivity contribution in [1.29, 1.82) is 0 Å². The second kappa shape index (κ2) is 5.61. The Labute approximate surface area is 106 Å². The highest BCUT2D eigenvalue weighted by Gasteiger charge is 2.13. The average Bonchev–Trinajstić information content (AvgIpc) is 2.14. The molecule has 0 fully saturated rings. The van der Waals surface area contributed by atoms with Gasteiger partial charge in [0.15, 0.2) is 0 Å². The van der Waals surface area contributed by atoms with Crippen molar-refractivity contribution in [3.8, 4) is 0 Å². The number of primary sulfonamides is 1. The predicted molar refractivity (Wildman–Crippen MR) is 67.6 cm³/mol. The number of anilines is 1. The van der Waals surface area contributed by atoms with Crippen molar-refractivity contribution < 1.29 is 8.42 Å². The van der Waals surface area contributed by atoms with Crippen molar-refractivity contribution in [2.75, 3.05) is 17.6 Å². The van der Waals surface area contributed by atoms with Gasteiger partial charge in [-0.25, -0.2) is 23.5 Å². The SMILES string of the molecule is CC(C)c1c(Cl)ncnc1NCCS(N)(=O)=O. The topological polar surface area (TPSA) is 98.0 Å². The average molecular weight is 279 g/mol. The molecule has 3 N–H and O–H groups in total. The van der Waals surface area contributed by atoms with E-state index in [4.69, 9.17) is 16.7 Å². The summed E-state index contributed by atoms with van der Waals surface area (Å²) in [5.41, 5.74) is 0.767. The summed E-state index contributed by atoms with van der Waals surface area (Å²) in [5, 5.41) is 8.17. The van der Waals surface area contributed by atoms with Crippen LogP contribution in [0.4, 0.5) is 5.82 Å². The third-order valence-corrected chi connectivity index (χ3v) is 3.17. The fraction of sp³-hybridized carbons (Fsp3) is 0.556. The van der Waals surface area contributed by atoms with Crippen molar-refractivity contribution in [3.63, 3.8) is 0 Å². The second-order valence-electron chi connectivity index (χ2n) is 3.88. The minimum atomic E-state index is -3.48. The lowest BCUT2D eigenvalue weighted by atomic mass is 10.1. The molecular weight excluding hydrogens is 264 g/mol. The van der Waals surface area contributed by atoms with Crippen LogP contribution in [0.25, 0.3) is 0 Å². The Morgan fingerprint density at radius 2 is 2.12 bits per heavy atom. The first-order valence-electron chi connectivity index (χ1n) is 5.06. The number of rotatable bonds is 5. The number of nitrogens with two attached hydrogens (primary N) is 1. The van der Waals surface area contributed by atoms with E-state index in [0.717, 1.165) is 5.56 Å². The molecule has 0 bridgehead atoms. The molecule has 0 saturated heterocycles. The molecule has 0 aromatic carbocycles. The van der Waals surface area contributed by atoms with Crippen LogP contribution in [0.2, 0.25) is 5.15 Å². The van der Waals surface area contributed by atoms with Crippen LogP contribution < -0.4 is 10.5 Å². The third kappa shape index (κ3) is 4.45. The van der Waals surface area contributed by atoms with Crippen LogP contribution in [-0.2, 0) is 10.0 Å². The molecule has 6 nitrogen and oxygen atoms in total. The second-order valence-corrected chi connectivity index (χ2v) is 5.97. The number of nitrogens with one attached hydrogen (secondary N) is 1. The quantitative estimate of drug-likeness (QED) is 0.782. The van der Waals surface area contributed by atoms with E-state index in [9.17, 15) is 8.42 Å². The molecule has 1 aromatic heterocycles. The molecule has 0 spiro atoms. The van der Waals surface area contributed by atoms with Crippen molar-refractivity contribution in [2.24, 2.45) is 5.14 Å². The molecule has 0 aliphatic carbocycles. The number of halogens is 1. The first-order valence-corrected chi connectivity index (χ1v) is 7.15. The molecule has 8 heteroatoms. The van der Waals surface area contributed by atoms with E-state index in [1.54, 1.807) is 0 Å². The zero-order valence-electron chi connectivity index (χ0n) is 9.64. The van der Waals surface area contributed by atoms with Crippen LogP contribution in [0.5, 0.6) is 0 Å². The van der Waals surface area contributed by atoms with E-state index >= 15 is 0 Å². The Morgan fingerprint density at radius 1 is 1.47 bits per heavy atom. The Morgan fingerprint density at radius 3 is 2.65 bits per heavy atom. The Bertz CT molecular complexity index is 490. The van der Waals surface area contributed by atoms with E-state index in [2.05, 4.69) is 15.3 Å². The molecule has 96 valence electrons. The summed E-state index contributed by atoms with van der Waals surface area (Å²) in [7, 11) is -3.48. The lowest BCUT2D eigenvalue weighted by molar-refractivity contribution is 0.598. The van der Waals surface area contributed by atoms with Gasteiger partial charge >= 0.3 is 0 Å². The molecular formula is C9H15ClN4O2S. The Balaban J connectivity index is 2.81. The maximum absolute atomic E-state index is 10.8. The van der Waals surface area contributed by atoms with Gasteiger partial charge in [-0.05, 0) is 5.92 Å². The van der Waals surface area contributed by atoms with E-state index in [1.165, 1.54) is 6.33 Å². The standard InChI is InChI=1S/C9H15ClN4O2S/c1-6(2)7-8(10)13-5-14-9(7)12-3-4-17(11,15)16/h5-6H,3-4H2,1-2H3,(H2,11,15,16)(H,12,13,14). The number of sulfonamides is 1. The summed E-state index contributed by atoms with van der Waals surface area (Å²) in [5.74, 6) is 0.524. The van der Waals surface area contributed by atoms with Crippen LogP contribution in [0, 0.1) is 0 Å². The lowest BCUT2D eigenvalue weighted by Crippen LogP contribution is -2.23. The molecule has 0 radical (unpaired) electrons. The van der Waals surface area contributed by atoms with Gasteiger partial charge in [0.25, 0.3) is 0 Å². The molecule has 0 atom stereocenters. The summed E-state index contributed by atoms with van der Waals surface area (Å²) in [6.07, 6.45) is 1.33. The minimum absolute atomic E-state index is 0.140. The number of hydrogen-bond donors (Lipinski definition) is 2. The monoisotopic (exact) mass is 278 g/mol. The summed E-state index contributed by atoms with van der Waals surface area (Å²) in [4.78, 5) is 7.93. The lowest BCUT2D eigenvalue weighted by Gasteiger charge is -2.13. The zero-order valence-corrected chi connectivity index (χ0v) is 11.2. The van der Waals surface area contributed by atoms with E-state index < -0.39 is 10.0 Å². The molecule has 0 saturated carbocycles. The van der Waals surface area contributed by atoms with Crippen LogP contribution in [0.15, 0.2) is 6.33 Å². The highest BCUT2D eigenvalue weighted by molar-refractivity contribution is 7.89. The van der Waals surface area contributed by atoms with Gasteiger partial charge in [-0.3, -0.25) is 0 Å². The highest BCUT2D eigenvalue weighted by atomic mass is 35.5. The number of nitrogens with zero attached hydrogens (tertiary/aromatic N) is 2. The molecule has 1 rings (SSSR count). The van der Waals surface area contributed by atoms with Gasteiger partial charge in [0.1, 0.15) is 17.3 Å². The molecule has 1 aromatic rings. The van der Waals surface area contributed by atoms with Crippen molar-refractivity contribution >= 4 is 27.4 Å². The summed E-state index contributed by atoms with van der Waals surface area (Å²) >= 11 is 5.96. The highest BCUT2D eigenvalue weighted by Crippen LogP contribution is 2.27. The first kappa shape index (κ1) is 14.1.